The Morgan fingerprint density at radius 2 is 2.11 bits per heavy atom. The average molecular weight is 417 g/mol. The molecule has 1 aromatic heterocycles. The molecule has 9 heteroatoms. The van der Waals surface area contributed by atoms with Crippen LogP contribution in [0, 0.1) is 0 Å². The van der Waals surface area contributed by atoms with Crippen LogP contribution in [0.2, 0.25) is 10.0 Å². The van der Waals surface area contributed by atoms with E-state index in [2.05, 4.69) is 30.3 Å². The number of rotatable bonds is 4. The fraction of sp³-hybridized carbons (Fsp3) is 0.368. The summed E-state index contributed by atoms with van der Waals surface area (Å²) in [5.74, 6) is 2.38. The highest BCUT2D eigenvalue weighted by molar-refractivity contribution is 6.33. The molecule has 2 N–H and O–H groups in total. The third-order valence-corrected chi connectivity index (χ3v) is 6.26. The Hall–Kier alpha value is -2.22. The highest BCUT2D eigenvalue weighted by Crippen LogP contribution is 2.58. The molecule has 5 heterocycles. The minimum absolute atomic E-state index is 0.181. The van der Waals surface area contributed by atoms with Crippen molar-refractivity contribution < 1.29 is 4.42 Å². The van der Waals surface area contributed by atoms with Gasteiger partial charge in [0.25, 0.3) is 5.89 Å². The summed E-state index contributed by atoms with van der Waals surface area (Å²) in [4.78, 5) is 2.33. The molecule has 0 bridgehead atoms. The van der Waals surface area contributed by atoms with Crippen LogP contribution in [0.4, 0.5) is 11.5 Å². The molecule has 1 aromatic carbocycles. The smallest absolute Gasteiger partial charge is 0.267 e. The molecular weight excluding hydrogens is 399 g/mol. The molecule has 4 aliphatic rings. The number of aromatic nitrogens is 3. The Morgan fingerprint density at radius 3 is 2.96 bits per heavy atom. The lowest BCUT2D eigenvalue weighted by atomic mass is 10.1. The highest BCUT2D eigenvalue weighted by Gasteiger charge is 2.45. The normalized spacial score (nSPS) is 19.6. The van der Waals surface area contributed by atoms with E-state index in [1.54, 1.807) is 0 Å². The van der Waals surface area contributed by atoms with Gasteiger partial charge in [-0.05, 0) is 43.1 Å². The molecule has 144 valence electrons. The molecule has 6 rings (SSSR count). The van der Waals surface area contributed by atoms with Crippen LogP contribution in [0.25, 0.3) is 17.3 Å². The maximum absolute atomic E-state index is 6.38. The van der Waals surface area contributed by atoms with Gasteiger partial charge in [0.05, 0.1) is 6.04 Å². The van der Waals surface area contributed by atoms with Crippen molar-refractivity contribution in [3.8, 4) is 17.3 Å². The lowest BCUT2D eigenvalue weighted by Crippen LogP contribution is -2.36. The third kappa shape index (κ3) is 2.46. The SMILES string of the molecule is Clc1ccc(Cl)c(CN2CCNc3c2c2c(-c4nnc(C5CCCN5)o4)n3-2)c1. The van der Waals surface area contributed by atoms with Crippen molar-refractivity contribution in [1.29, 1.82) is 0 Å². The molecule has 1 atom stereocenters. The monoisotopic (exact) mass is 416 g/mol. The molecule has 1 unspecified atom stereocenters. The molecular formula is C19H18Cl2N6O. The summed E-state index contributed by atoms with van der Waals surface area (Å²) in [5, 5.41) is 16.8. The summed E-state index contributed by atoms with van der Waals surface area (Å²) in [6.07, 6.45) is 2.19. The van der Waals surface area contributed by atoms with Crippen molar-refractivity contribution >= 4 is 34.7 Å². The molecule has 7 nitrogen and oxygen atoms in total. The Balaban J connectivity index is 1.30. The summed E-state index contributed by atoms with van der Waals surface area (Å²) in [7, 11) is 0. The number of hydrogen-bond donors (Lipinski definition) is 2. The van der Waals surface area contributed by atoms with E-state index in [-0.39, 0.29) is 6.04 Å². The van der Waals surface area contributed by atoms with Crippen LogP contribution in [0.3, 0.4) is 0 Å². The molecule has 0 aliphatic carbocycles. The molecule has 28 heavy (non-hydrogen) atoms. The van der Waals surface area contributed by atoms with Gasteiger partial charge < -0.3 is 20.0 Å². The van der Waals surface area contributed by atoms with E-state index in [0.29, 0.717) is 23.3 Å². The van der Waals surface area contributed by atoms with Crippen molar-refractivity contribution in [2.75, 3.05) is 29.9 Å². The second-order valence-corrected chi connectivity index (χ2v) is 8.25. The van der Waals surface area contributed by atoms with Gasteiger partial charge in [-0.2, -0.15) is 0 Å². The van der Waals surface area contributed by atoms with Gasteiger partial charge in [0, 0.05) is 29.7 Å². The first-order valence-electron chi connectivity index (χ1n) is 9.49. The van der Waals surface area contributed by atoms with E-state index in [1.165, 1.54) is 5.69 Å². The molecule has 2 aromatic rings. The quantitative estimate of drug-likeness (QED) is 0.523. The predicted molar refractivity (Wildman–Crippen MR) is 109 cm³/mol. The first-order chi connectivity index (χ1) is 13.7. The molecule has 0 saturated carbocycles. The largest absolute Gasteiger partial charge is 0.418 e. The predicted octanol–water partition coefficient (Wildman–Crippen LogP) is 4.00. The fourth-order valence-corrected chi connectivity index (χ4v) is 4.62. The summed E-state index contributed by atoms with van der Waals surface area (Å²) < 4.78 is 8.12. The first-order valence-corrected chi connectivity index (χ1v) is 10.3. The van der Waals surface area contributed by atoms with Crippen LogP contribution >= 0.6 is 23.2 Å². The maximum Gasteiger partial charge on any atom is 0.267 e. The van der Waals surface area contributed by atoms with E-state index < -0.39 is 0 Å². The minimum atomic E-state index is 0.181. The second-order valence-electron chi connectivity index (χ2n) is 7.41. The molecule has 1 saturated heterocycles. The molecule has 4 aliphatic heterocycles. The van der Waals surface area contributed by atoms with Crippen molar-refractivity contribution in [3.05, 3.63) is 39.7 Å². The summed E-state index contributed by atoms with van der Waals surface area (Å²) in [5.41, 5.74) is 4.39. The van der Waals surface area contributed by atoms with E-state index in [0.717, 1.165) is 60.3 Å². The number of nitrogens with one attached hydrogen (secondary N) is 2. The number of fused-ring (bicyclic) bond motifs is 4. The lowest BCUT2D eigenvalue weighted by Gasteiger charge is -2.34. The van der Waals surface area contributed by atoms with Crippen LogP contribution in [0.5, 0.6) is 0 Å². The van der Waals surface area contributed by atoms with Crippen molar-refractivity contribution in [1.82, 2.24) is 20.1 Å². The minimum Gasteiger partial charge on any atom is -0.418 e. The summed E-state index contributed by atoms with van der Waals surface area (Å²) >= 11 is 12.5. The van der Waals surface area contributed by atoms with Crippen LogP contribution in [-0.2, 0) is 6.54 Å². The molecule has 0 radical (unpaired) electrons. The van der Waals surface area contributed by atoms with E-state index >= 15 is 0 Å². The number of anilines is 2. The zero-order valence-corrected chi connectivity index (χ0v) is 16.5. The zero-order valence-electron chi connectivity index (χ0n) is 15.0. The Kier molecular flexibility index (Phi) is 3.66. The van der Waals surface area contributed by atoms with Crippen molar-refractivity contribution in [2.24, 2.45) is 0 Å². The summed E-state index contributed by atoms with van der Waals surface area (Å²) in [6, 6.07) is 5.78. The van der Waals surface area contributed by atoms with Gasteiger partial charge in [-0.25, -0.2) is 0 Å². The first kappa shape index (κ1) is 16.7. The van der Waals surface area contributed by atoms with Gasteiger partial charge in [-0.1, -0.05) is 23.2 Å². The fourth-order valence-electron chi connectivity index (χ4n) is 4.25. The zero-order chi connectivity index (χ0) is 18.8. The van der Waals surface area contributed by atoms with Crippen molar-refractivity contribution in [3.63, 3.8) is 0 Å². The number of benzene rings is 1. The molecule has 0 spiro atoms. The standard InChI is InChI=1S/C19H18Cl2N6O/c20-11-3-4-12(21)10(8-11)9-26-7-6-23-17-15(26)14-16(27(14)17)19-25-24-18(28-19)13-2-1-5-22-13/h3-4,8,13,22-23H,1-2,5-7,9H2. The van der Waals surface area contributed by atoms with Gasteiger partial charge >= 0.3 is 0 Å². The van der Waals surface area contributed by atoms with Gasteiger partial charge in [0.1, 0.15) is 22.9 Å². The lowest BCUT2D eigenvalue weighted by molar-refractivity contribution is 0.437. The number of hydrogen-bond acceptors (Lipinski definition) is 6. The number of nitrogens with zero attached hydrogens (tertiary/aromatic N) is 4. The number of halogens is 2. The highest BCUT2D eigenvalue weighted by atomic mass is 35.5. The topological polar surface area (TPSA) is 71.2 Å². The Labute approximate surface area is 171 Å². The third-order valence-electron chi connectivity index (χ3n) is 5.65. The second kappa shape index (κ2) is 6.14. The maximum atomic E-state index is 6.38. The van der Waals surface area contributed by atoms with Crippen LogP contribution in [0.15, 0.2) is 22.6 Å². The average Bonchev–Trinajstić information content (AvgIpc) is 3.08. The van der Waals surface area contributed by atoms with Crippen LogP contribution in [-0.4, -0.2) is 34.4 Å². The molecule has 1 fully saturated rings. The van der Waals surface area contributed by atoms with E-state index in [9.17, 15) is 0 Å². The van der Waals surface area contributed by atoms with Gasteiger partial charge in [-0.15, -0.1) is 10.2 Å². The Bertz CT molecular complexity index is 1080. The summed E-state index contributed by atoms with van der Waals surface area (Å²) in [6.45, 7) is 3.48. The Morgan fingerprint density at radius 1 is 1.18 bits per heavy atom. The van der Waals surface area contributed by atoms with E-state index in [4.69, 9.17) is 27.6 Å². The van der Waals surface area contributed by atoms with E-state index in [1.807, 2.05) is 18.2 Å². The van der Waals surface area contributed by atoms with Crippen LogP contribution in [0.1, 0.15) is 30.3 Å². The van der Waals surface area contributed by atoms with Gasteiger partial charge in [0.15, 0.2) is 0 Å². The molecule has 0 amide bonds. The van der Waals surface area contributed by atoms with Crippen LogP contribution < -0.4 is 15.5 Å². The van der Waals surface area contributed by atoms with Gasteiger partial charge in [-0.3, -0.25) is 4.57 Å². The van der Waals surface area contributed by atoms with Gasteiger partial charge in [0.2, 0.25) is 5.89 Å². The van der Waals surface area contributed by atoms with Crippen molar-refractivity contribution in [2.45, 2.75) is 25.4 Å².